The number of carbonyl (C=O) groups excluding carboxylic acids is 3. The molecule has 0 rings (SSSR count). The van der Waals surface area contributed by atoms with E-state index in [-0.39, 0.29) is 19.4 Å². The van der Waals surface area contributed by atoms with Gasteiger partial charge in [0.1, 0.15) is 6.10 Å². The lowest BCUT2D eigenvalue weighted by atomic mass is 10.2. The highest BCUT2D eigenvalue weighted by Gasteiger charge is 2.17. The van der Waals surface area contributed by atoms with E-state index in [1.807, 2.05) is 0 Å². The van der Waals surface area contributed by atoms with Gasteiger partial charge in [0.25, 0.3) is 0 Å². The molecule has 6 heteroatoms. The van der Waals surface area contributed by atoms with E-state index in [0.717, 1.165) is 0 Å². The number of esters is 3. The Hall–Kier alpha value is -1.59. The summed E-state index contributed by atoms with van der Waals surface area (Å²) in [5.41, 5.74) is 0. The van der Waals surface area contributed by atoms with Gasteiger partial charge in [0.15, 0.2) is 0 Å². The Morgan fingerprint density at radius 3 is 2.19 bits per heavy atom. The third-order valence-corrected chi connectivity index (χ3v) is 1.70. The second kappa shape index (κ2) is 7.67. The van der Waals surface area contributed by atoms with E-state index < -0.39 is 24.0 Å². The highest BCUT2D eigenvalue weighted by molar-refractivity contribution is 5.71. The normalized spacial score (nSPS) is 11.4. The molecule has 0 radical (unpaired) electrons. The van der Waals surface area contributed by atoms with Crippen LogP contribution in [0.3, 0.4) is 0 Å². The van der Waals surface area contributed by atoms with Crippen molar-refractivity contribution in [2.45, 2.75) is 32.8 Å². The molecule has 0 saturated carbocycles. The minimum Gasteiger partial charge on any atom is -0.469 e. The SMILES string of the molecule is COC(=O)C[C@H](CCOC(C)=O)OC(C)=O. The number of hydrogen-bond acceptors (Lipinski definition) is 6. The van der Waals surface area contributed by atoms with Gasteiger partial charge < -0.3 is 14.2 Å². The fourth-order valence-electron chi connectivity index (χ4n) is 1.04. The second-order valence-electron chi connectivity index (χ2n) is 3.14. The van der Waals surface area contributed by atoms with E-state index in [1.54, 1.807) is 0 Å². The van der Waals surface area contributed by atoms with Crippen LogP contribution in [0.5, 0.6) is 0 Å². The van der Waals surface area contributed by atoms with Crippen LogP contribution in [0.1, 0.15) is 26.7 Å². The minimum atomic E-state index is -0.621. The first kappa shape index (κ1) is 14.4. The summed E-state index contributed by atoms with van der Waals surface area (Å²) in [4.78, 5) is 32.2. The quantitative estimate of drug-likeness (QED) is 0.488. The van der Waals surface area contributed by atoms with Gasteiger partial charge in [0.2, 0.25) is 0 Å². The summed E-state index contributed by atoms with van der Waals surface area (Å²) in [6, 6.07) is 0. The molecule has 0 fully saturated rings. The van der Waals surface area contributed by atoms with E-state index in [2.05, 4.69) is 9.47 Å². The largest absolute Gasteiger partial charge is 0.469 e. The molecule has 0 spiro atoms. The molecule has 1 atom stereocenters. The van der Waals surface area contributed by atoms with Crippen molar-refractivity contribution >= 4 is 17.9 Å². The van der Waals surface area contributed by atoms with Crippen molar-refractivity contribution in [2.75, 3.05) is 13.7 Å². The molecular weight excluding hydrogens is 216 g/mol. The standard InChI is InChI=1S/C10H16O6/c1-7(11)15-5-4-9(16-8(2)12)6-10(13)14-3/h9H,4-6H2,1-3H3/t9-/m0/s1. The van der Waals surface area contributed by atoms with Crippen molar-refractivity contribution in [3.05, 3.63) is 0 Å². The van der Waals surface area contributed by atoms with Crippen molar-refractivity contribution in [1.29, 1.82) is 0 Å². The predicted octanol–water partition coefficient (Wildman–Crippen LogP) is 0.434. The molecule has 0 amide bonds. The number of carbonyl (C=O) groups is 3. The topological polar surface area (TPSA) is 78.9 Å². The molecule has 0 aromatic heterocycles. The number of rotatable bonds is 6. The first-order valence-corrected chi connectivity index (χ1v) is 4.83. The van der Waals surface area contributed by atoms with Crippen LogP contribution in [0.2, 0.25) is 0 Å². The summed E-state index contributed by atoms with van der Waals surface area (Å²) < 4.78 is 14.0. The Morgan fingerprint density at radius 1 is 1.12 bits per heavy atom. The van der Waals surface area contributed by atoms with Crippen molar-refractivity contribution in [2.24, 2.45) is 0 Å². The maximum atomic E-state index is 11.0. The number of hydrogen-bond donors (Lipinski definition) is 0. The summed E-state index contributed by atoms with van der Waals surface area (Å²) >= 11 is 0. The van der Waals surface area contributed by atoms with Crippen molar-refractivity contribution in [3.63, 3.8) is 0 Å². The van der Waals surface area contributed by atoms with Crippen molar-refractivity contribution in [3.8, 4) is 0 Å². The predicted molar refractivity (Wildman–Crippen MR) is 53.4 cm³/mol. The van der Waals surface area contributed by atoms with Crippen LogP contribution in [0.25, 0.3) is 0 Å². The summed E-state index contributed by atoms with van der Waals surface area (Å²) in [7, 11) is 1.25. The van der Waals surface area contributed by atoms with Gasteiger partial charge in [-0.15, -0.1) is 0 Å². The van der Waals surface area contributed by atoms with Gasteiger partial charge in [-0.1, -0.05) is 0 Å². The van der Waals surface area contributed by atoms with Gasteiger partial charge >= 0.3 is 17.9 Å². The fraction of sp³-hybridized carbons (Fsp3) is 0.700. The first-order valence-electron chi connectivity index (χ1n) is 4.83. The lowest BCUT2D eigenvalue weighted by molar-refractivity contribution is -0.153. The van der Waals surface area contributed by atoms with Crippen LogP contribution in [0.4, 0.5) is 0 Å². The maximum Gasteiger partial charge on any atom is 0.309 e. The zero-order valence-corrected chi connectivity index (χ0v) is 9.65. The molecule has 0 aliphatic carbocycles. The third kappa shape index (κ3) is 7.78. The second-order valence-corrected chi connectivity index (χ2v) is 3.14. The van der Waals surface area contributed by atoms with Gasteiger partial charge in [-0.25, -0.2) is 0 Å². The molecule has 0 aliphatic heterocycles. The van der Waals surface area contributed by atoms with Crippen molar-refractivity contribution in [1.82, 2.24) is 0 Å². The molecule has 0 aromatic carbocycles. The van der Waals surface area contributed by atoms with E-state index in [0.29, 0.717) is 0 Å². The summed E-state index contributed by atoms with van der Waals surface area (Å²) in [6.07, 6.45) is -0.393. The van der Waals surface area contributed by atoms with Crippen LogP contribution in [-0.4, -0.2) is 37.7 Å². The maximum absolute atomic E-state index is 11.0. The summed E-state index contributed by atoms with van der Waals surface area (Å²) in [6.45, 7) is 2.63. The number of ether oxygens (including phenoxy) is 3. The van der Waals surface area contributed by atoms with Crippen LogP contribution in [0, 0.1) is 0 Å². The van der Waals surface area contributed by atoms with Gasteiger partial charge in [-0.3, -0.25) is 14.4 Å². The molecule has 0 saturated heterocycles. The molecule has 0 bridgehead atoms. The van der Waals surface area contributed by atoms with E-state index in [1.165, 1.54) is 21.0 Å². The molecular formula is C10H16O6. The van der Waals surface area contributed by atoms with E-state index in [4.69, 9.17) is 4.74 Å². The van der Waals surface area contributed by atoms with E-state index in [9.17, 15) is 14.4 Å². The van der Waals surface area contributed by atoms with Crippen LogP contribution in [0.15, 0.2) is 0 Å². The Bertz CT molecular complexity index is 260. The smallest absolute Gasteiger partial charge is 0.309 e. The zero-order chi connectivity index (χ0) is 12.6. The summed E-state index contributed by atoms with van der Waals surface area (Å²) in [5.74, 6) is -1.38. The van der Waals surface area contributed by atoms with Crippen LogP contribution >= 0.6 is 0 Å². The lowest BCUT2D eigenvalue weighted by Crippen LogP contribution is -2.23. The third-order valence-electron chi connectivity index (χ3n) is 1.70. The Morgan fingerprint density at radius 2 is 1.75 bits per heavy atom. The van der Waals surface area contributed by atoms with Gasteiger partial charge in [-0.2, -0.15) is 0 Å². The molecule has 16 heavy (non-hydrogen) atoms. The average molecular weight is 232 g/mol. The minimum absolute atomic E-state index is 0.0443. The molecule has 0 aromatic rings. The lowest BCUT2D eigenvalue weighted by Gasteiger charge is -2.15. The molecule has 0 unspecified atom stereocenters. The van der Waals surface area contributed by atoms with Gasteiger partial charge in [0, 0.05) is 20.3 Å². The van der Waals surface area contributed by atoms with Crippen LogP contribution < -0.4 is 0 Å². The van der Waals surface area contributed by atoms with Gasteiger partial charge in [0.05, 0.1) is 20.1 Å². The molecule has 6 nitrogen and oxygen atoms in total. The zero-order valence-electron chi connectivity index (χ0n) is 9.65. The molecule has 0 aliphatic rings. The Balaban J connectivity index is 4.04. The van der Waals surface area contributed by atoms with E-state index >= 15 is 0 Å². The van der Waals surface area contributed by atoms with Crippen molar-refractivity contribution < 1.29 is 28.6 Å². The molecule has 0 N–H and O–H groups in total. The number of methoxy groups -OCH3 is 1. The molecule has 92 valence electrons. The average Bonchev–Trinajstić information content (AvgIpc) is 2.15. The fourth-order valence-corrected chi connectivity index (χ4v) is 1.04. The Labute approximate surface area is 93.8 Å². The molecule has 0 heterocycles. The summed E-state index contributed by atoms with van der Waals surface area (Å²) in [5, 5.41) is 0. The highest BCUT2D eigenvalue weighted by Crippen LogP contribution is 2.06. The monoisotopic (exact) mass is 232 g/mol. The Kier molecular flexibility index (Phi) is 6.91. The van der Waals surface area contributed by atoms with Gasteiger partial charge in [-0.05, 0) is 0 Å². The first-order chi connectivity index (χ1) is 7.45. The highest BCUT2D eigenvalue weighted by atomic mass is 16.6. The van der Waals surface area contributed by atoms with Crippen LogP contribution in [-0.2, 0) is 28.6 Å².